The molecule has 1 N–H and O–H groups in total. The van der Waals surface area contributed by atoms with Crippen LogP contribution in [-0.4, -0.2) is 32.1 Å². The molecule has 8 heteroatoms. The molecule has 0 spiro atoms. The standard InChI is InChI=1S/C20H22N2O4S2/c1-28(24,25)12-14-13-6-2-4-8-16(13)26-19(14)20(23)21-11-10-18-22-15-7-3-5-9-17(15)27-18/h2,4,6,8H,3,5,7,9-12H2,1H3,(H,21,23). The molecule has 3 aromatic rings. The van der Waals surface area contributed by atoms with Gasteiger partial charge in [0.1, 0.15) is 5.58 Å². The summed E-state index contributed by atoms with van der Waals surface area (Å²) in [4.78, 5) is 18.7. The van der Waals surface area contributed by atoms with Crippen LogP contribution in [0.25, 0.3) is 11.0 Å². The summed E-state index contributed by atoms with van der Waals surface area (Å²) in [5.74, 6) is -0.548. The Morgan fingerprint density at radius 3 is 2.82 bits per heavy atom. The molecule has 2 heterocycles. The van der Waals surface area contributed by atoms with E-state index in [1.165, 1.54) is 23.4 Å². The van der Waals surface area contributed by atoms with Gasteiger partial charge < -0.3 is 9.73 Å². The highest BCUT2D eigenvalue weighted by Crippen LogP contribution is 2.28. The summed E-state index contributed by atoms with van der Waals surface area (Å²) in [7, 11) is -3.31. The maximum Gasteiger partial charge on any atom is 0.287 e. The van der Waals surface area contributed by atoms with Crippen molar-refractivity contribution in [2.24, 2.45) is 0 Å². The van der Waals surface area contributed by atoms with Gasteiger partial charge in [0, 0.05) is 35.0 Å². The van der Waals surface area contributed by atoms with Crippen LogP contribution in [0.3, 0.4) is 0 Å². The second-order valence-electron chi connectivity index (χ2n) is 7.17. The van der Waals surface area contributed by atoms with E-state index in [4.69, 9.17) is 4.42 Å². The van der Waals surface area contributed by atoms with Crippen LogP contribution in [0.2, 0.25) is 0 Å². The number of para-hydroxylation sites is 1. The molecule has 28 heavy (non-hydrogen) atoms. The molecule has 0 saturated carbocycles. The van der Waals surface area contributed by atoms with Crippen LogP contribution in [-0.2, 0) is 34.9 Å². The molecule has 0 atom stereocenters. The zero-order chi connectivity index (χ0) is 19.7. The maximum absolute atomic E-state index is 12.7. The molecule has 4 rings (SSSR count). The molecule has 2 aromatic heterocycles. The van der Waals surface area contributed by atoms with E-state index in [9.17, 15) is 13.2 Å². The van der Waals surface area contributed by atoms with Crippen molar-refractivity contribution < 1.29 is 17.6 Å². The summed E-state index contributed by atoms with van der Waals surface area (Å²) >= 11 is 1.73. The smallest absolute Gasteiger partial charge is 0.287 e. The number of nitrogens with zero attached hydrogens (tertiary/aromatic N) is 1. The fraction of sp³-hybridized carbons (Fsp3) is 0.400. The molecule has 1 amide bonds. The Bertz CT molecular complexity index is 1100. The summed E-state index contributed by atoms with van der Waals surface area (Å²) in [5, 5.41) is 4.55. The molecule has 0 fully saturated rings. The number of amides is 1. The molecular formula is C20H22N2O4S2. The number of hydrogen-bond acceptors (Lipinski definition) is 6. The quantitative estimate of drug-likeness (QED) is 0.664. The molecule has 1 aliphatic carbocycles. The number of carbonyl (C=O) groups excluding carboxylic acids is 1. The van der Waals surface area contributed by atoms with Crippen LogP contribution in [0, 0.1) is 0 Å². The first-order chi connectivity index (χ1) is 13.4. The minimum absolute atomic E-state index is 0.0741. The van der Waals surface area contributed by atoms with Gasteiger partial charge in [0.05, 0.1) is 16.5 Å². The van der Waals surface area contributed by atoms with E-state index in [2.05, 4.69) is 10.3 Å². The predicted octanol–water partition coefficient (Wildman–Crippen LogP) is 3.29. The monoisotopic (exact) mass is 418 g/mol. The van der Waals surface area contributed by atoms with Gasteiger partial charge in [-0.2, -0.15) is 0 Å². The normalized spacial score (nSPS) is 14.2. The summed E-state index contributed by atoms with van der Waals surface area (Å²) < 4.78 is 29.4. The lowest BCUT2D eigenvalue weighted by Gasteiger charge is -2.06. The van der Waals surface area contributed by atoms with Crippen LogP contribution >= 0.6 is 11.3 Å². The van der Waals surface area contributed by atoms with Gasteiger partial charge in [-0.15, -0.1) is 11.3 Å². The minimum Gasteiger partial charge on any atom is -0.451 e. The van der Waals surface area contributed by atoms with E-state index < -0.39 is 15.7 Å². The fourth-order valence-electron chi connectivity index (χ4n) is 3.56. The van der Waals surface area contributed by atoms with Gasteiger partial charge in [0.25, 0.3) is 5.91 Å². The number of aryl methyl sites for hydroxylation is 2. The SMILES string of the molecule is CS(=O)(=O)Cc1c(C(=O)NCCc2nc3c(s2)CCCC3)oc2ccccc12. The highest BCUT2D eigenvalue weighted by Gasteiger charge is 2.23. The third-order valence-corrected chi connectivity index (χ3v) is 6.86. The van der Waals surface area contributed by atoms with Crippen LogP contribution in [0.4, 0.5) is 0 Å². The van der Waals surface area contributed by atoms with Crippen molar-refractivity contribution in [3.8, 4) is 0 Å². The predicted molar refractivity (Wildman–Crippen MR) is 110 cm³/mol. The number of carbonyl (C=O) groups is 1. The molecule has 0 bridgehead atoms. The first-order valence-corrected chi connectivity index (χ1v) is 12.2. The lowest BCUT2D eigenvalue weighted by molar-refractivity contribution is 0.0927. The lowest BCUT2D eigenvalue weighted by atomic mass is 10.0. The Balaban J connectivity index is 1.49. The van der Waals surface area contributed by atoms with Gasteiger partial charge in [0.15, 0.2) is 15.6 Å². The van der Waals surface area contributed by atoms with Crippen molar-refractivity contribution in [2.75, 3.05) is 12.8 Å². The van der Waals surface area contributed by atoms with Gasteiger partial charge in [-0.05, 0) is 31.7 Å². The second-order valence-corrected chi connectivity index (χ2v) is 10.5. The molecule has 1 aromatic carbocycles. The number of fused-ring (bicyclic) bond motifs is 2. The summed E-state index contributed by atoms with van der Waals surface area (Å²) in [5.41, 5.74) is 2.14. The number of furan rings is 1. The Morgan fingerprint density at radius 2 is 2.04 bits per heavy atom. The van der Waals surface area contributed by atoms with Gasteiger partial charge in [-0.1, -0.05) is 18.2 Å². The number of thiazole rings is 1. The van der Waals surface area contributed by atoms with Gasteiger partial charge in [-0.3, -0.25) is 4.79 Å². The highest BCUT2D eigenvalue weighted by atomic mass is 32.2. The van der Waals surface area contributed by atoms with E-state index in [0.29, 0.717) is 29.5 Å². The molecule has 148 valence electrons. The zero-order valence-corrected chi connectivity index (χ0v) is 17.3. The third kappa shape index (κ3) is 4.12. The van der Waals surface area contributed by atoms with Crippen LogP contribution in [0.1, 0.15) is 44.5 Å². The third-order valence-electron chi connectivity index (χ3n) is 4.83. The van der Waals surface area contributed by atoms with Gasteiger partial charge in [-0.25, -0.2) is 13.4 Å². The van der Waals surface area contributed by atoms with Crippen LogP contribution in [0.15, 0.2) is 28.7 Å². The second kappa shape index (κ2) is 7.67. The minimum atomic E-state index is -3.31. The first-order valence-electron chi connectivity index (χ1n) is 9.34. The Labute approximate surface area is 167 Å². The summed E-state index contributed by atoms with van der Waals surface area (Å²) in [6.07, 6.45) is 6.38. The molecular weight excluding hydrogens is 396 g/mol. The van der Waals surface area contributed by atoms with E-state index in [-0.39, 0.29) is 11.5 Å². The fourth-order valence-corrected chi connectivity index (χ4v) is 5.53. The van der Waals surface area contributed by atoms with Crippen molar-refractivity contribution in [1.82, 2.24) is 10.3 Å². The number of sulfone groups is 1. The number of aromatic nitrogens is 1. The van der Waals surface area contributed by atoms with Crippen LogP contribution < -0.4 is 5.32 Å². The largest absolute Gasteiger partial charge is 0.451 e. The molecule has 0 unspecified atom stereocenters. The van der Waals surface area contributed by atoms with E-state index in [1.54, 1.807) is 35.6 Å². The topological polar surface area (TPSA) is 89.3 Å². The number of nitrogens with one attached hydrogen (secondary N) is 1. The van der Waals surface area contributed by atoms with Gasteiger partial charge >= 0.3 is 0 Å². The lowest BCUT2D eigenvalue weighted by Crippen LogP contribution is -2.26. The molecule has 0 saturated heterocycles. The molecule has 1 aliphatic rings. The van der Waals surface area contributed by atoms with Gasteiger partial charge in [0.2, 0.25) is 0 Å². The number of benzene rings is 1. The first kappa shape index (κ1) is 19.1. The Hall–Kier alpha value is -2.19. The molecule has 0 radical (unpaired) electrons. The van der Waals surface area contributed by atoms with Crippen molar-refractivity contribution in [2.45, 2.75) is 37.9 Å². The van der Waals surface area contributed by atoms with Crippen LogP contribution in [0.5, 0.6) is 0 Å². The summed E-state index contributed by atoms with van der Waals surface area (Å²) in [6, 6.07) is 7.10. The van der Waals surface area contributed by atoms with Crippen molar-refractivity contribution in [3.63, 3.8) is 0 Å². The molecule has 0 aliphatic heterocycles. The maximum atomic E-state index is 12.7. The number of hydrogen-bond donors (Lipinski definition) is 1. The zero-order valence-electron chi connectivity index (χ0n) is 15.7. The summed E-state index contributed by atoms with van der Waals surface area (Å²) in [6.45, 7) is 0.431. The van der Waals surface area contributed by atoms with E-state index in [0.717, 1.165) is 24.1 Å². The van der Waals surface area contributed by atoms with Crippen molar-refractivity contribution >= 4 is 38.1 Å². The Morgan fingerprint density at radius 1 is 1.25 bits per heavy atom. The molecule has 6 nitrogen and oxygen atoms in total. The van der Waals surface area contributed by atoms with Crippen molar-refractivity contribution in [3.05, 3.63) is 51.2 Å². The highest BCUT2D eigenvalue weighted by molar-refractivity contribution is 7.89. The van der Waals surface area contributed by atoms with E-state index >= 15 is 0 Å². The van der Waals surface area contributed by atoms with Crippen molar-refractivity contribution in [1.29, 1.82) is 0 Å². The average molecular weight is 419 g/mol. The average Bonchev–Trinajstić information content (AvgIpc) is 3.22. The van der Waals surface area contributed by atoms with E-state index in [1.807, 2.05) is 0 Å². The number of rotatable bonds is 6. The Kier molecular flexibility index (Phi) is 5.25.